The lowest BCUT2D eigenvalue weighted by molar-refractivity contribution is -0.384. The molecule has 0 aliphatic rings. The first-order chi connectivity index (χ1) is 12.0. The van der Waals surface area contributed by atoms with Gasteiger partial charge in [0.25, 0.3) is 11.6 Å². The summed E-state index contributed by atoms with van der Waals surface area (Å²) in [5, 5.41) is 15.0. The number of nitro groups is 1. The first kappa shape index (κ1) is 16.6. The Morgan fingerprint density at radius 2 is 2.28 bits per heavy atom. The Kier molecular flexibility index (Phi) is 4.45. The number of nitrogens with zero attached hydrogens (tertiary/aromatic N) is 5. The van der Waals surface area contributed by atoms with Gasteiger partial charge >= 0.3 is 0 Å². The van der Waals surface area contributed by atoms with Gasteiger partial charge in [-0.05, 0) is 19.1 Å². The highest BCUT2D eigenvalue weighted by atomic mass is 32.1. The monoisotopic (exact) mass is 355 g/mol. The SMILES string of the molecule is C#CCn1c(=NC(=O)c2ccnn2CC)sc2cc([N+](=O)[O-])ccc21. The number of thiazole rings is 1. The maximum Gasteiger partial charge on any atom is 0.297 e. The van der Waals surface area contributed by atoms with Gasteiger partial charge in [-0.2, -0.15) is 10.1 Å². The number of aryl methyl sites for hydroxylation is 1. The van der Waals surface area contributed by atoms with E-state index in [9.17, 15) is 14.9 Å². The molecule has 0 spiro atoms. The van der Waals surface area contributed by atoms with Crippen LogP contribution in [0.4, 0.5) is 5.69 Å². The van der Waals surface area contributed by atoms with Gasteiger partial charge in [0.2, 0.25) is 0 Å². The van der Waals surface area contributed by atoms with E-state index in [0.717, 1.165) is 0 Å². The molecule has 0 bridgehead atoms. The first-order valence-corrected chi connectivity index (χ1v) is 8.19. The second-order valence-electron chi connectivity index (χ2n) is 5.03. The van der Waals surface area contributed by atoms with Crippen molar-refractivity contribution < 1.29 is 9.72 Å². The molecule has 0 atom stereocenters. The first-order valence-electron chi connectivity index (χ1n) is 7.37. The lowest BCUT2D eigenvalue weighted by atomic mass is 10.3. The smallest absolute Gasteiger partial charge is 0.297 e. The maximum absolute atomic E-state index is 12.5. The van der Waals surface area contributed by atoms with Gasteiger partial charge in [-0.3, -0.25) is 19.6 Å². The van der Waals surface area contributed by atoms with E-state index in [2.05, 4.69) is 16.0 Å². The van der Waals surface area contributed by atoms with Crippen LogP contribution in [-0.2, 0) is 13.1 Å². The molecule has 0 aliphatic heterocycles. The van der Waals surface area contributed by atoms with Crippen molar-refractivity contribution >= 4 is 33.1 Å². The van der Waals surface area contributed by atoms with E-state index in [1.165, 1.54) is 29.7 Å². The maximum atomic E-state index is 12.5. The van der Waals surface area contributed by atoms with E-state index in [0.29, 0.717) is 27.3 Å². The van der Waals surface area contributed by atoms with Crippen molar-refractivity contribution in [3.05, 3.63) is 51.1 Å². The minimum Gasteiger partial charge on any atom is -0.305 e. The number of terminal acetylenes is 1. The Morgan fingerprint density at radius 3 is 2.96 bits per heavy atom. The van der Waals surface area contributed by atoms with Crippen LogP contribution in [0, 0.1) is 22.5 Å². The van der Waals surface area contributed by atoms with Gasteiger partial charge in [0.05, 0.1) is 21.7 Å². The number of carbonyl (C=O) groups excluding carboxylic acids is 1. The summed E-state index contributed by atoms with van der Waals surface area (Å²) in [5.74, 6) is 2.08. The molecule has 0 radical (unpaired) electrons. The van der Waals surface area contributed by atoms with Crippen molar-refractivity contribution in [2.45, 2.75) is 20.0 Å². The van der Waals surface area contributed by atoms with E-state index in [4.69, 9.17) is 6.42 Å². The zero-order valence-corrected chi connectivity index (χ0v) is 14.1. The predicted molar refractivity (Wildman–Crippen MR) is 93.1 cm³/mol. The summed E-state index contributed by atoms with van der Waals surface area (Å²) in [6, 6.07) is 6.06. The molecule has 0 unspecified atom stereocenters. The number of benzene rings is 1. The summed E-state index contributed by atoms with van der Waals surface area (Å²) in [6.07, 6.45) is 6.95. The van der Waals surface area contributed by atoms with Crippen LogP contribution in [0.5, 0.6) is 0 Å². The molecule has 2 aromatic heterocycles. The topological polar surface area (TPSA) is 95.3 Å². The van der Waals surface area contributed by atoms with Crippen LogP contribution in [0.1, 0.15) is 17.4 Å². The molecule has 0 aliphatic carbocycles. The Hall–Kier alpha value is -3.25. The summed E-state index contributed by atoms with van der Waals surface area (Å²) in [7, 11) is 0. The van der Waals surface area contributed by atoms with Gasteiger partial charge in [-0.25, -0.2) is 0 Å². The van der Waals surface area contributed by atoms with Crippen LogP contribution in [0.3, 0.4) is 0 Å². The number of fused-ring (bicyclic) bond motifs is 1. The van der Waals surface area contributed by atoms with Crippen molar-refractivity contribution in [3.63, 3.8) is 0 Å². The van der Waals surface area contributed by atoms with Crippen molar-refractivity contribution in [1.82, 2.24) is 14.3 Å². The number of amides is 1. The minimum atomic E-state index is -0.466. The molecule has 25 heavy (non-hydrogen) atoms. The molecule has 0 N–H and O–H groups in total. The highest BCUT2D eigenvalue weighted by Gasteiger charge is 2.14. The van der Waals surface area contributed by atoms with Crippen LogP contribution in [-0.4, -0.2) is 25.2 Å². The third kappa shape index (κ3) is 3.07. The number of rotatable bonds is 4. The fraction of sp³-hybridized carbons (Fsp3) is 0.188. The Labute approximate surface area is 146 Å². The molecule has 9 heteroatoms. The third-order valence-electron chi connectivity index (χ3n) is 3.56. The molecular weight excluding hydrogens is 342 g/mol. The molecule has 2 heterocycles. The number of non-ortho nitro benzene ring substituents is 1. The summed E-state index contributed by atoms with van der Waals surface area (Å²) in [6.45, 7) is 2.63. The van der Waals surface area contributed by atoms with Crippen LogP contribution >= 0.6 is 11.3 Å². The predicted octanol–water partition coefficient (Wildman–Crippen LogP) is 2.20. The lowest BCUT2D eigenvalue weighted by Gasteiger charge is -2.01. The summed E-state index contributed by atoms with van der Waals surface area (Å²) in [5.41, 5.74) is 1.05. The fourth-order valence-corrected chi connectivity index (χ4v) is 3.48. The van der Waals surface area contributed by atoms with E-state index in [1.807, 2.05) is 6.92 Å². The van der Waals surface area contributed by atoms with Gasteiger partial charge < -0.3 is 4.57 Å². The quantitative estimate of drug-likeness (QED) is 0.407. The van der Waals surface area contributed by atoms with Crippen molar-refractivity contribution in [2.75, 3.05) is 0 Å². The molecular formula is C16H13N5O3S. The highest BCUT2D eigenvalue weighted by Crippen LogP contribution is 2.23. The minimum absolute atomic E-state index is 0.0245. The molecule has 126 valence electrons. The second-order valence-corrected chi connectivity index (χ2v) is 6.04. The molecule has 0 fully saturated rings. The summed E-state index contributed by atoms with van der Waals surface area (Å²) < 4.78 is 3.88. The number of nitro benzene ring substituents is 1. The molecule has 8 nitrogen and oxygen atoms in total. The third-order valence-corrected chi connectivity index (χ3v) is 4.60. The fourth-order valence-electron chi connectivity index (χ4n) is 2.42. The largest absolute Gasteiger partial charge is 0.305 e. The van der Waals surface area contributed by atoms with E-state index >= 15 is 0 Å². The number of hydrogen-bond acceptors (Lipinski definition) is 5. The summed E-state index contributed by atoms with van der Waals surface area (Å²) in [4.78, 5) is 27.5. The van der Waals surface area contributed by atoms with Crippen molar-refractivity contribution in [3.8, 4) is 12.3 Å². The number of aromatic nitrogens is 3. The lowest BCUT2D eigenvalue weighted by Crippen LogP contribution is -2.18. The molecule has 0 saturated heterocycles. The molecule has 1 amide bonds. The van der Waals surface area contributed by atoms with Gasteiger partial charge in [0.1, 0.15) is 5.69 Å². The normalized spacial score (nSPS) is 11.6. The van der Waals surface area contributed by atoms with Crippen molar-refractivity contribution in [2.24, 2.45) is 4.99 Å². The van der Waals surface area contributed by atoms with E-state index in [-0.39, 0.29) is 12.2 Å². The zero-order valence-electron chi connectivity index (χ0n) is 13.2. The van der Waals surface area contributed by atoms with Gasteiger partial charge in [0.15, 0.2) is 4.80 Å². The molecule has 3 aromatic rings. The number of carbonyl (C=O) groups is 1. The van der Waals surface area contributed by atoms with Gasteiger partial charge in [-0.15, -0.1) is 6.42 Å². The highest BCUT2D eigenvalue weighted by molar-refractivity contribution is 7.16. The molecule has 1 aromatic carbocycles. The average molecular weight is 355 g/mol. The van der Waals surface area contributed by atoms with Crippen LogP contribution in [0.2, 0.25) is 0 Å². The average Bonchev–Trinajstić information content (AvgIpc) is 3.19. The second kappa shape index (κ2) is 6.70. The molecule has 3 rings (SSSR count). The Balaban J connectivity index is 2.17. The Bertz CT molecular complexity index is 1080. The van der Waals surface area contributed by atoms with Crippen LogP contribution in [0.25, 0.3) is 10.2 Å². The van der Waals surface area contributed by atoms with Gasteiger partial charge in [-0.1, -0.05) is 17.3 Å². The van der Waals surface area contributed by atoms with Crippen LogP contribution < -0.4 is 4.80 Å². The van der Waals surface area contributed by atoms with Crippen LogP contribution in [0.15, 0.2) is 35.5 Å². The van der Waals surface area contributed by atoms with E-state index in [1.54, 1.807) is 21.4 Å². The van der Waals surface area contributed by atoms with E-state index < -0.39 is 10.8 Å². The van der Waals surface area contributed by atoms with Gasteiger partial charge in [0, 0.05) is 24.9 Å². The Morgan fingerprint density at radius 1 is 1.48 bits per heavy atom. The standard InChI is InChI=1S/C16H13N5O3S/c1-3-9-19-12-6-5-11(21(23)24)10-14(12)25-16(19)18-15(22)13-7-8-17-20(13)4-2/h1,5-8,10H,4,9H2,2H3. The van der Waals surface area contributed by atoms with Crippen molar-refractivity contribution in [1.29, 1.82) is 0 Å². The number of hydrogen-bond donors (Lipinski definition) is 0. The summed E-state index contributed by atoms with van der Waals surface area (Å²) >= 11 is 1.18. The zero-order chi connectivity index (χ0) is 18.0. The molecule has 0 saturated carbocycles.